The zero-order chi connectivity index (χ0) is 13.1. The van der Waals surface area contributed by atoms with E-state index in [9.17, 15) is 4.79 Å². The highest BCUT2D eigenvalue weighted by atomic mass is 16.1. The van der Waals surface area contributed by atoms with Crippen molar-refractivity contribution in [3.63, 3.8) is 0 Å². The highest BCUT2D eigenvalue weighted by Gasteiger charge is 2.11. The van der Waals surface area contributed by atoms with Crippen molar-refractivity contribution in [3.8, 4) is 0 Å². The molecule has 0 aliphatic heterocycles. The third kappa shape index (κ3) is 7.89. The van der Waals surface area contributed by atoms with Gasteiger partial charge in [-0.2, -0.15) is 0 Å². The fourth-order valence-corrected chi connectivity index (χ4v) is 3.04. The predicted molar refractivity (Wildman–Crippen MR) is 78.8 cm³/mol. The van der Waals surface area contributed by atoms with Crippen LogP contribution in [-0.2, 0) is 4.79 Å². The zero-order valence-electron chi connectivity index (χ0n) is 12.4. The lowest BCUT2D eigenvalue weighted by atomic mass is 9.92. The average Bonchev–Trinajstić information content (AvgIpc) is 2.38. The number of carbonyl (C=O) groups is 1. The van der Waals surface area contributed by atoms with Gasteiger partial charge < -0.3 is 0 Å². The van der Waals surface area contributed by atoms with Crippen LogP contribution in [0.25, 0.3) is 0 Å². The molecule has 106 valence electrons. The van der Waals surface area contributed by atoms with Gasteiger partial charge in [0.15, 0.2) is 0 Å². The van der Waals surface area contributed by atoms with Crippen LogP contribution in [0.1, 0.15) is 96.8 Å². The third-order valence-electron chi connectivity index (χ3n) is 4.41. The first-order valence-corrected chi connectivity index (χ1v) is 8.34. The fourth-order valence-electron chi connectivity index (χ4n) is 3.04. The predicted octanol–water partition coefficient (Wildman–Crippen LogP) is 5.67. The Balaban J connectivity index is 2.30. The second-order valence-corrected chi connectivity index (χ2v) is 6.09. The molecule has 0 aromatic rings. The van der Waals surface area contributed by atoms with E-state index < -0.39 is 0 Å². The van der Waals surface area contributed by atoms with Crippen molar-refractivity contribution in [2.75, 3.05) is 0 Å². The van der Waals surface area contributed by atoms with E-state index in [0.717, 1.165) is 19.3 Å². The van der Waals surface area contributed by atoms with E-state index in [-0.39, 0.29) is 0 Å². The lowest BCUT2D eigenvalue weighted by molar-refractivity contribution is -0.120. The van der Waals surface area contributed by atoms with Gasteiger partial charge in [-0.1, -0.05) is 77.6 Å². The van der Waals surface area contributed by atoms with E-state index in [0.29, 0.717) is 11.7 Å². The second kappa shape index (κ2) is 10.6. The zero-order valence-corrected chi connectivity index (χ0v) is 12.4. The van der Waals surface area contributed by atoms with Crippen LogP contribution in [0.5, 0.6) is 0 Å². The molecule has 1 fully saturated rings. The summed E-state index contributed by atoms with van der Waals surface area (Å²) in [6, 6.07) is 0. The number of rotatable bonds is 1. The van der Waals surface area contributed by atoms with Crippen LogP contribution in [-0.4, -0.2) is 5.78 Å². The van der Waals surface area contributed by atoms with Crippen LogP contribution < -0.4 is 0 Å². The van der Waals surface area contributed by atoms with Crippen molar-refractivity contribution < 1.29 is 4.79 Å². The van der Waals surface area contributed by atoms with Gasteiger partial charge in [0, 0.05) is 12.8 Å². The van der Waals surface area contributed by atoms with Crippen molar-refractivity contribution in [3.05, 3.63) is 0 Å². The van der Waals surface area contributed by atoms with E-state index in [1.54, 1.807) is 0 Å². The van der Waals surface area contributed by atoms with Gasteiger partial charge in [0.25, 0.3) is 0 Å². The molecule has 1 nitrogen and oxygen atoms in total. The number of hydrogen-bond donors (Lipinski definition) is 0. The lowest BCUT2D eigenvalue weighted by Gasteiger charge is -2.13. The van der Waals surface area contributed by atoms with Gasteiger partial charge in [0.05, 0.1) is 0 Å². The Labute approximate surface area is 114 Å². The maximum absolute atomic E-state index is 11.9. The van der Waals surface area contributed by atoms with E-state index in [1.165, 1.54) is 70.6 Å². The molecule has 0 bridgehead atoms. The quantitative estimate of drug-likeness (QED) is 0.588. The Bertz CT molecular complexity index is 210. The van der Waals surface area contributed by atoms with Crippen LogP contribution in [0, 0.1) is 5.92 Å². The lowest BCUT2D eigenvalue weighted by Crippen LogP contribution is -2.08. The third-order valence-corrected chi connectivity index (χ3v) is 4.41. The number of ketones is 1. The van der Waals surface area contributed by atoms with Gasteiger partial charge >= 0.3 is 0 Å². The van der Waals surface area contributed by atoms with Gasteiger partial charge in [-0.15, -0.1) is 0 Å². The Morgan fingerprint density at radius 3 is 1.89 bits per heavy atom. The van der Waals surface area contributed by atoms with E-state index >= 15 is 0 Å². The molecular formula is C17H32O. The summed E-state index contributed by atoms with van der Waals surface area (Å²) < 4.78 is 0. The summed E-state index contributed by atoms with van der Waals surface area (Å²) in [7, 11) is 0. The highest BCUT2D eigenvalue weighted by molar-refractivity contribution is 5.78. The minimum Gasteiger partial charge on any atom is -0.300 e. The van der Waals surface area contributed by atoms with Crippen LogP contribution >= 0.6 is 0 Å². The maximum atomic E-state index is 11.9. The molecule has 0 spiro atoms. The summed E-state index contributed by atoms with van der Waals surface area (Å²) in [5.41, 5.74) is 0. The molecule has 1 atom stereocenters. The van der Waals surface area contributed by atoms with E-state index in [1.807, 2.05) is 0 Å². The summed E-state index contributed by atoms with van der Waals surface area (Å²) in [4.78, 5) is 11.9. The number of Topliss-reactive ketones (excluding diaryl/α,β-unsaturated/α-hetero) is 1. The first-order chi connectivity index (χ1) is 8.83. The number of carbonyl (C=O) groups excluding carboxylic acids is 1. The molecule has 1 aliphatic carbocycles. The standard InChI is InChI=1S/C17H32O/c1-2-16-13-11-9-7-5-3-4-6-8-10-12-14-17(18)15-16/h16H,2-15H2,1H3. The van der Waals surface area contributed by atoms with Gasteiger partial charge in [0.1, 0.15) is 5.78 Å². The van der Waals surface area contributed by atoms with E-state index in [4.69, 9.17) is 0 Å². The van der Waals surface area contributed by atoms with E-state index in [2.05, 4.69) is 6.92 Å². The normalized spacial score (nSPS) is 26.3. The minimum absolute atomic E-state index is 0.525. The minimum atomic E-state index is 0.525. The van der Waals surface area contributed by atoms with Gasteiger partial charge in [0.2, 0.25) is 0 Å². The summed E-state index contributed by atoms with van der Waals surface area (Å²) in [6.07, 6.45) is 17.7. The molecule has 0 amide bonds. The van der Waals surface area contributed by atoms with Gasteiger partial charge in [-0.3, -0.25) is 4.79 Å². The van der Waals surface area contributed by atoms with Crippen molar-refractivity contribution >= 4 is 5.78 Å². The number of hydrogen-bond acceptors (Lipinski definition) is 1. The van der Waals surface area contributed by atoms with Crippen molar-refractivity contribution in [2.24, 2.45) is 5.92 Å². The van der Waals surface area contributed by atoms with Crippen LogP contribution in [0.2, 0.25) is 0 Å². The van der Waals surface area contributed by atoms with Crippen LogP contribution in [0.15, 0.2) is 0 Å². The first-order valence-electron chi connectivity index (χ1n) is 8.34. The molecule has 0 radical (unpaired) electrons. The van der Waals surface area contributed by atoms with Crippen LogP contribution in [0.3, 0.4) is 0 Å². The SMILES string of the molecule is CCC1CCCCCCCCCCCCC(=O)C1. The maximum Gasteiger partial charge on any atom is 0.133 e. The van der Waals surface area contributed by atoms with Crippen molar-refractivity contribution in [1.29, 1.82) is 0 Å². The molecule has 0 aromatic heterocycles. The molecule has 1 aliphatic rings. The molecule has 1 heteroatoms. The topological polar surface area (TPSA) is 17.1 Å². The second-order valence-electron chi connectivity index (χ2n) is 6.09. The summed E-state index contributed by atoms with van der Waals surface area (Å²) in [5, 5.41) is 0. The summed E-state index contributed by atoms with van der Waals surface area (Å²) >= 11 is 0. The molecular weight excluding hydrogens is 220 g/mol. The first kappa shape index (κ1) is 15.7. The molecule has 0 aromatic carbocycles. The van der Waals surface area contributed by atoms with Crippen molar-refractivity contribution in [1.82, 2.24) is 0 Å². The Hall–Kier alpha value is -0.330. The molecule has 18 heavy (non-hydrogen) atoms. The molecule has 1 saturated carbocycles. The molecule has 0 N–H and O–H groups in total. The van der Waals surface area contributed by atoms with Gasteiger partial charge in [-0.05, 0) is 12.3 Å². The smallest absolute Gasteiger partial charge is 0.133 e. The average molecular weight is 252 g/mol. The summed E-state index contributed by atoms with van der Waals surface area (Å²) in [6.45, 7) is 2.24. The summed E-state index contributed by atoms with van der Waals surface area (Å²) in [5.74, 6) is 1.19. The highest BCUT2D eigenvalue weighted by Crippen LogP contribution is 2.21. The molecule has 1 rings (SSSR count). The van der Waals surface area contributed by atoms with Gasteiger partial charge in [-0.25, -0.2) is 0 Å². The molecule has 0 saturated heterocycles. The monoisotopic (exact) mass is 252 g/mol. The van der Waals surface area contributed by atoms with Crippen LogP contribution in [0.4, 0.5) is 0 Å². The molecule has 1 unspecified atom stereocenters. The fraction of sp³-hybridized carbons (Fsp3) is 0.941. The Morgan fingerprint density at radius 2 is 1.33 bits per heavy atom. The largest absolute Gasteiger partial charge is 0.300 e. The Morgan fingerprint density at radius 1 is 0.833 bits per heavy atom. The van der Waals surface area contributed by atoms with Crippen molar-refractivity contribution in [2.45, 2.75) is 96.8 Å². The molecule has 0 heterocycles. The Kier molecular flexibility index (Phi) is 9.24.